The molecule has 5 nitrogen and oxygen atoms in total. The smallest absolute Gasteiger partial charge is 0.350 e. The minimum atomic E-state index is -0.347. The number of carbonyl (C=O) groups excluding carboxylic acids is 1. The lowest BCUT2D eigenvalue weighted by molar-refractivity contribution is 0.0605. The molecule has 1 unspecified atom stereocenters. The molecule has 96 valence electrons. The van der Waals surface area contributed by atoms with Gasteiger partial charge in [0.2, 0.25) is 0 Å². The SMILES string of the molecule is COC(=O)c1sc(NC(C)c2nccs2)nc1C. The van der Waals surface area contributed by atoms with Gasteiger partial charge in [0.15, 0.2) is 5.13 Å². The van der Waals surface area contributed by atoms with E-state index in [0.29, 0.717) is 15.7 Å². The van der Waals surface area contributed by atoms with Crippen molar-refractivity contribution < 1.29 is 9.53 Å². The van der Waals surface area contributed by atoms with Crippen LogP contribution in [-0.2, 0) is 4.74 Å². The fourth-order valence-electron chi connectivity index (χ4n) is 1.44. The summed E-state index contributed by atoms with van der Waals surface area (Å²) in [7, 11) is 1.37. The first-order valence-corrected chi connectivity index (χ1v) is 7.03. The number of rotatable bonds is 4. The van der Waals surface area contributed by atoms with Crippen LogP contribution in [0.5, 0.6) is 0 Å². The molecule has 1 N–H and O–H groups in total. The molecule has 0 bridgehead atoms. The zero-order valence-corrected chi connectivity index (χ0v) is 11.9. The van der Waals surface area contributed by atoms with Gasteiger partial charge in [-0.2, -0.15) is 0 Å². The average molecular weight is 283 g/mol. The van der Waals surface area contributed by atoms with Crippen molar-refractivity contribution in [2.75, 3.05) is 12.4 Å². The molecule has 0 aliphatic heterocycles. The van der Waals surface area contributed by atoms with Crippen molar-refractivity contribution >= 4 is 33.8 Å². The highest BCUT2D eigenvalue weighted by Gasteiger charge is 2.17. The molecule has 0 aromatic carbocycles. The minimum Gasteiger partial charge on any atom is -0.465 e. The van der Waals surface area contributed by atoms with Crippen molar-refractivity contribution in [1.82, 2.24) is 9.97 Å². The number of anilines is 1. The van der Waals surface area contributed by atoms with Gasteiger partial charge in [-0.05, 0) is 13.8 Å². The zero-order chi connectivity index (χ0) is 13.1. The van der Waals surface area contributed by atoms with E-state index < -0.39 is 0 Å². The quantitative estimate of drug-likeness (QED) is 0.874. The van der Waals surface area contributed by atoms with Gasteiger partial charge in [0, 0.05) is 11.6 Å². The highest BCUT2D eigenvalue weighted by molar-refractivity contribution is 7.17. The molecule has 2 aromatic heterocycles. The number of ether oxygens (including phenoxy) is 1. The first-order chi connectivity index (χ1) is 8.61. The highest BCUT2D eigenvalue weighted by Crippen LogP contribution is 2.27. The molecule has 0 saturated carbocycles. The van der Waals surface area contributed by atoms with Crippen LogP contribution in [0.2, 0.25) is 0 Å². The first kappa shape index (κ1) is 13.0. The maximum atomic E-state index is 11.5. The lowest BCUT2D eigenvalue weighted by Crippen LogP contribution is -2.05. The van der Waals surface area contributed by atoms with Crippen LogP contribution in [0, 0.1) is 6.92 Å². The van der Waals surface area contributed by atoms with Gasteiger partial charge in [0.25, 0.3) is 0 Å². The van der Waals surface area contributed by atoms with Crippen LogP contribution in [0.4, 0.5) is 5.13 Å². The van der Waals surface area contributed by atoms with E-state index in [4.69, 9.17) is 4.74 Å². The van der Waals surface area contributed by atoms with Crippen LogP contribution in [-0.4, -0.2) is 23.0 Å². The topological polar surface area (TPSA) is 64.1 Å². The van der Waals surface area contributed by atoms with Crippen molar-refractivity contribution in [2.45, 2.75) is 19.9 Å². The van der Waals surface area contributed by atoms with E-state index in [2.05, 4.69) is 15.3 Å². The number of nitrogens with zero attached hydrogens (tertiary/aromatic N) is 2. The molecule has 0 amide bonds. The van der Waals surface area contributed by atoms with Crippen molar-refractivity contribution in [3.8, 4) is 0 Å². The molecule has 0 fully saturated rings. The average Bonchev–Trinajstić information content (AvgIpc) is 2.97. The van der Waals surface area contributed by atoms with E-state index in [1.165, 1.54) is 18.4 Å². The van der Waals surface area contributed by atoms with Crippen LogP contribution in [0.1, 0.15) is 33.3 Å². The Bertz CT molecular complexity index is 536. The van der Waals surface area contributed by atoms with Crippen molar-refractivity contribution in [1.29, 1.82) is 0 Å². The summed E-state index contributed by atoms with van der Waals surface area (Å²) in [5.41, 5.74) is 0.681. The molecule has 0 spiro atoms. The maximum absolute atomic E-state index is 11.5. The minimum absolute atomic E-state index is 0.0704. The van der Waals surface area contributed by atoms with Gasteiger partial charge in [-0.1, -0.05) is 11.3 Å². The second kappa shape index (κ2) is 5.45. The maximum Gasteiger partial charge on any atom is 0.350 e. The van der Waals surface area contributed by atoms with Gasteiger partial charge >= 0.3 is 5.97 Å². The third-order valence-corrected chi connectivity index (χ3v) is 4.36. The fourth-order valence-corrected chi connectivity index (χ4v) is 3.05. The van der Waals surface area contributed by atoms with Crippen LogP contribution in [0.25, 0.3) is 0 Å². The van der Waals surface area contributed by atoms with E-state index in [1.807, 2.05) is 12.3 Å². The van der Waals surface area contributed by atoms with Crippen LogP contribution in [0.3, 0.4) is 0 Å². The van der Waals surface area contributed by atoms with E-state index in [1.54, 1.807) is 24.5 Å². The Labute approximate surface area is 113 Å². The Kier molecular flexibility index (Phi) is 3.93. The highest BCUT2D eigenvalue weighted by atomic mass is 32.1. The molecular formula is C11H13N3O2S2. The van der Waals surface area contributed by atoms with Gasteiger partial charge in [-0.3, -0.25) is 0 Å². The number of nitrogens with one attached hydrogen (secondary N) is 1. The number of hydrogen-bond donors (Lipinski definition) is 1. The third kappa shape index (κ3) is 2.68. The van der Waals surface area contributed by atoms with Crippen LogP contribution >= 0.6 is 22.7 Å². The number of esters is 1. The number of aryl methyl sites for hydroxylation is 1. The second-order valence-corrected chi connectivity index (χ2v) is 5.59. The fraction of sp³-hybridized carbons (Fsp3) is 0.364. The summed E-state index contributed by atoms with van der Waals surface area (Å²) in [5, 5.41) is 6.86. The molecule has 0 radical (unpaired) electrons. The summed E-state index contributed by atoms with van der Waals surface area (Å²) in [5.74, 6) is -0.347. The molecule has 1 atom stereocenters. The first-order valence-electron chi connectivity index (χ1n) is 5.33. The standard InChI is InChI=1S/C11H13N3O2S2/c1-6-8(10(15)16-3)18-11(13-6)14-7(2)9-12-4-5-17-9/h4-5,7H,1-3H3,(H,13,14). The van der Waals surface area contributed by atoms with Gasteiger partial charge in [-0.25, -0.2) is 14.8 Å². The Morgan fingerprint density at radius 1 is 1.56 bits per heavy atom. The number of aromatic nitrogens is 2. The molecule has 0 aliphatic carbocycles. The molecule has 2 heterocycles. The predicted molar refractivity (Wildman–Crippen MR) is 72.3 cm³/mol. The molecule has 2 aromatic rings. The number of thiazole rings is 2. The molecule has 0 saturated heterocycles. The van der Waals surface area contributed by atoms with E-state index in [-0.39, 0.29) is 12.0 Å². The van der Waals surface area contributed by atoms with E-state index >= 15 is 0 Å². The number of hydrogen-bond acceptors (Lipinski definition) is 7. The summed E-state index contributed by atoms with van der Waals surface area (Å²) < 4.78 is 4.70. The van der Waals surface area contributed by atoms with Crippen molar-refractivity contribution in [3.63, 3.8) is 0 Å². The zero-order valence-electron chi connectivity index (χ0n) is 10.3. The molecule has 2 rings (SSSR count). The Balaban J connectivity index is 2.13. The lowest BCUT2D eigenvalue weighted by Gasteiger charge is -2.08. The Morgan fingerprint density at radius 3 is 2.94 bits per heavy atom. The van der Waals surface area contributed by atoms with Gasteiger partial charge in [-0.15, -0.1) is 11.3 Å². The van der Waals surface area contributed by atoms with Crippen LogP contribution < -0.4 is 5.32 Å². The summed E-state index contributed by atoms with van der Waals surface area (Å²) in [6.45, 7) is 3.80. The summed E-state index contributed by atoms with van der Waals surface area (Å²) >= 11 is 2.88. The largest absolute Gasteiger partial charge is 0.465 e. The Morgan fingerprint density at radius 2 is 2.33 bits per heavy atom. The summed E-state index contributed by atoms with van der Waals surface area (Å²) in [4.78, 5) is 20.6. The van der Waals surface area contributed by atoms with Gasteiger partial charge < -0.3 is 10.1 Å². The van der Waals surface area contributed by atoms with E-state index in [0.717, 1.165) is 5.01 Å². The lowest BCUT2D eigenvalue weighted by atomic mass is 10.4. The van der Waals surface area contributed by atoms with Crippen LogP contribution in [0.15, 0.2) is 11.6 Å². The van der Waals surface area contributed by atoms with Crippen molar-refractivity contribution in [3.05, 3.63) is 27.2 Å². The second-order valence-electron chi connectivity index (χ2n) is 3.66. The van der Waals surface area contributed by atoms with Gasteiger partial charge in [0.05, 0.1) is 18.8 Å². The summed E-state index contributed by atoms with van der Waals surface area (Å²) in [6.07, 6.45) is 1.77. The molecule has 18 heavy (non-hydrogen) atoms. The number of methoxy groups -OCH3 is 1. The third-order valence-electron chi connectivity index (χ3n) is 2.33. The monoisotopic (exact) mass is 283 g/mol. The Hall–Kier alpha value is -1.47. The molecule has 7 heteroatoms. The van der Waals surface area contributed by atoms with Gasteiger partial charge in [0.1, 0.15) is 9.88 Å². The van der Waals surface area contributed by atoms with Crippen molar-refractivity contribution in [2.24, 2.45) is 0 Å². The van der Waals surface area contributed by atoms with E-state index in [9.17, 15) is 4.79 Å². The molecular weight excluding hydrogens is 270 g/mol. The number of carbonyl (C=O) groups is 1. The predicted octanol–water partition coefficient (Wildman–Crippen LogP) is 2.87. The molecule has 0 aliphatic rings. The normalized spacial score (nSPS) is 12.2. The summed E-state index contributed by atoms with van der Waals surface area (Å²) in [6, 6.07) is 0.0704.